The maximum atomic E-state index is 12.3. The van der Waals surface area contributed by atoms with Crippen LogP contribution in [0.1, 0.15) is 245 Å². The Morgan fingerprint density at radius 2 is 0.652 bits per heavy atom. The van der Waals surface area contributed by atoms with E-state index in [2.05, 4.69) is 123 Å². The van der Waals surface area contributed by atoms with Crippen LogP contribution in [0.3, 0.4) is 0 Å². The highest BCUT2D eigenvalue weighted by molar-refractivity contribution is 5.70. The molecule has 1 atom stereocenters. The summed E-state index contributed by atoms with van der Waals surface area (Å²) in [6.45, 7) is 3.98. The number of aliphatic hydroxyl groups is 1. The van der Waals surface area contributed by atoms with Crippen LogP contribution in [0.15, 0.2) is 109 Å². The normalized spacial score (nSPS) is 13.1. The van der Waals surface area contributed by atoms with Gasteiger partial charge in [0.05, 0.1) is 6.61 Å². The van der Waals surface area contributed by atoms with E-state index in [0.29, 0.717) is 12.8 Å². The predicted molar refractivity (Wildman–Crippen MR) is 288 cm³/mol. The van der Waals surface area contributed by atoms with E-state index in [-0.39, 0.29) is 25.2 Å². The van der Waals surface area contributed by atoms with Gasteiger partial charge in [0.1, 0.15) is 6.61 Å². The van der Waals surface area contributed by atoms with Crippen LogP contribution < -0.4 is 0 Å². The fourth-order valence-electron chi connectivity index (χ4n) is 7.43. The van der Waals surface area contributed by atoms with E-state index in [9.17, 15) is 14.7 Å². The summed E-state index contributed by atoms with van der Waals surface area (Å²) in [7, 11) is 0. The lowest BCUT2D eigenvalue weighted by Gasteiger charge is -2.15. The van der Waals surface area contributed by atoms with Crippen molar-refractivity contribution in [3.05, 3.63) is 109 Å². The standard InChI is InChI=1S/C61H102O5/c1-3-5-7-9-11-13-15-16-17-18-19-20-21-22-23-24-25-26-27-28-29-30-31-32-33-34-35-36-37-38-39-40-41-42-43-44-46-48-50-52-54-56-61(64)66-59(57-62)58-65-60(63)55-53-51-49-47-45-14-12-10-8-6-4-2/h5,7,10-13,16-17,19-20,22-23,25-26,28-29,31-32,59,62H,3-4,6,8-9,14-15,18,21,24,27,30,33-58H2,1-2H3/b7-5-,12-10-,13-11-,17-16-,20-19-,23-22-,26-25-,29-28-,32-31-. The summed E-state index contributed by atoms with van der Waals surface area (Å²) in [6, 6.07) is 0. The molecule has 5 nitrogen and oxygen atoms in total. The monoisotopic (exact) mass is 915 g/mol. The Hall–Kier alpha value is -3.44. The number of hydrogen-bond donors (Lipinski definition) is 1. The third-order valence-corrected chi connectivity index (χ3v) is 11.6. The SMILES string of the molecule is CC/C=C\C/C=C\C/C=C\C/C=C\C/C=C\C/C=C\C/C=C\C/C=C\CCCCCCCCCCCCCCCCCCC(=O)OC(CO)COC(=O)CCCCCCC/C=C\CCCC. The van der Waals surface area contributed by atoms with Gasteiger partial charge in [0.25, 0.3) is 0 Å². The molecule has 0 spiro atoms. The fraction of sp³-hybridized carbons (Fsp3) is 0.672. The Kier molecular flexibility index (Phi) is 53.0. The highest BCUT2D eigenvalue weighted by atomic mass is 16.6. The summed E-state index contributed by atoms with van der Waals surface area (Å²) in [5, 5.41) is 9.60. The molecule has 0 aliphatic carbocycles. The maximum absolute atomic E-state index is 12.3. The third-order valence-electron chi connectivity index (χ3n) is 11.6. The number of rotatable bonds is 49. The molecule has 0 radical (unpaired) electrons. The van der Waals surface area contributed by atoms with Crippen molar-refractivity contribution < 1.29 is 24.2 Å². The molecule has 0 saturated heterocycles. The van der Waals surface area contributed by atoms with E-state index in [1.807, 2.05) is 0 Å². The minimum absolute atomic E-state index is 0.0722. The molecule has 0 fully saturated rings. The van der Waals surface area contributed by atoms with Crippen molar-refractivity contribution in [2.45, 2.75) is 251 Å². The number of carbonyl (C=O) groups excluding carboxylic acids is 2. The molecule has 0 heterocycles. The van der Waals surface area contributed by atoms with Gasteiger partial charge in [-0.15, -0.1) is 0 Å². The first-order valence-corrected chi connectivity index (χ1v) is 27.4. The first kappa shape index (κ1) is 62.6. The van der Waals surface area contributed by atoms with Crippen LogP contribution in [-0.2, 0) is 19.1 Å². The number of ether oxygens (including phenoxy) is 2. The lowest BCUT2D eigenvalue weighted by Crippen LogP contribution is -2.28. The topological polar surface area (TPSA) is 72.8 Å². The molecule has 0 saturated carbocycles. The van der Waals surface area contributed by atoms with Crippen molar-refractivity contribution in [2.75, 3.05) is 13.2 Å². The van der Waals surface area contributed by atoms with Gasteiger partial charge in [0, 0.05) is 12.8 Å². The Balaban J connectivity index is 3.49. The zero-order valence-electron chi connectivity index (χ0n) is 42.9. The van der Waals surface area contributed by atoms with Crippen LogP contribution in [0, 0.1) is 0 Å². The lowest BCUT2D eigenvalue weighted by atomic mass is 10.0. The molecule has 0 aromatic carbocycles. The Morgan fingerprint density at radius 1 is 0.364 bits per heavy atom. The van der Waals surface area contributed by atoms with Gasteiger partial charge in [0.15, 0.2) is 6.10 Å². The zero-order chi connectivity index (χ0) is 47.7. The molecule has 0 bridgehead atoms. The second-order valence-electron chi connectivity index (χ2n) is 17.9. The largest absolute Gasteiger partial charge is 0.462 e. The summed E-state index contributed by atoms with van der Waals surface area (Å²) in [5.74, 6) is -0.602. The van der Waals surface area contributed by atoms with Gasteiger partial charge < -0.3 is 14.6 Å². The molecular formula is C61H102O5. The van der Waals surface area contributed by atoms with E-state index < -0.39 is 6.10 Å². The van der Waals surface area contributed by atoms with Crippen molar-refractivity contribution in [1.82, 2.24) is 0 Å². The number of hydrogen-bond acceptors (Lipinski definition) is 5. The van der Waals surface area contributed by atoms with Crippen LogP contribution in [0.5, 0.6) is 0 Å². The van der Waals surface area contributed by atoms with Crippen LogP contribution in [0.2, 0.25) is 0 Å². The molecule has 1 N–H and O–H groups in total. The van der Waals surface area contributed by atoms with Crippen LogP contribution in [0.25, 0.3) is 0 Å². The van der Waals surface area contributed by atoms with Gasteiger partial charge >= 0.3 is 11.9 Å². The summed E-state index contributed by atoms with van der Waals surface area (Å²) in [6.07, 6.45) is 80.7. The Labute approximate surface area is 408 Å². The average Bonchev–Trinajstić information content (AvgIpc) is 3.32. The number of unbranched alkanes of at least 4 members (excludes halogenated alkanes) is 23. The molecule has 5 heteroatoms. The Bertz CT molecular complexity index is 1310. The molecule has 0 aromatic heterocycles. The minimum Gasteiger partial charge on any atom is -0.462 e. The molecule has 0 aromatic rings. The molecule has 0 amide bonds. The van der Waals surface area contributed by atoms with E-state index >= 15 is 0 Å². The first-order valence-electron chi connectivity index (χ1n) is 27.4. The summed E-state index contributed by atoms with van der Waals surface area (Å²) >= 11 is 0. The number of allylic oxidation sites excluding steroid dienone is 18. The van der Waals surface area contributed by atoms with Crippen LogP contribution >= 0.6 is 0 Å². The van der Waals surface area contributed by atoms with Gasteiger partial charge in [-0.2, -0.15) is 0 Å². The van der Waals surface area contributed by atoms with E-state index in [0.717, 1.165) is 96.3 Å². The van der Waals surface area contributed by atoms with E-state index in [1.165, 1.54) is 122 Å². The zero-order valence-corrected chi connectivity index (χ0v) is 42.9. The summed E-state index contributed by atoms with van der Waals surface area (Å²) < 4.78 is 10.6. The molecule has 0 rings (SSSR count). The van der Waals surface area contributed by atoms with Gasteiger partial charge in [0.2, 0.25) is 0 Å². The quantitative estimate of drug-likeness (QED) is 0.0374. The van der Waals surface area contributed by atoms with Crippen molar-refractivity contribution in [3.8, 4) is 0 Å². The molecule has 0 aliphatic heterocycles. The van der Waals surface area contributed by atoms with E-state index in [1.54, 1.807) is 0 Å². The van der Waals surface area contributed by atoms with Gasteiger partial charge in [-0.25, -0.2) is 0 Å². The van der Waals surface area contributed by atoms with Crippen LogP contribution in [0.4, 0.5) is 0 Å². The van der Waals surface area contributed by atoms with Gasteiger partial charge in [-0.3, -0.25) is 9.59 Å². The second kappa shape index (κ2) is 55.9. The molecule has 66 heavy (non-hydrogen) atoms. The van der Waals surface area contributed by atoms with Gasteiger partial charge in [-0.05, 0) is 96.3 Å². The second-order valence-corrected chi connectivity index (χ2v) is 17.9. The fourth-order valence-corrected chi connectivity index (χ4v) is 7.43. The highest BCUT2D eigenvalue weighted by Gasteiger charge is 2.16. The Morgan fingerprint density at radius 3 is 1.00 bits per heavy atom. The molecule has 376 valence electrons. The van der Waals surface area contributed by atoms with Crippen molar-refractivity contribution >= 4 is 11.9 Å². The maximum Gasteiger partial charge on any atom is 0.306 e. The average molecular weight is 915 g/mol. The van der Waals surface area contributed by atoms with Gasteiger partial charge in [-0.1, -0.05) is 245 Å². The summed E-state index contributed by atoms with van der Waals surface area (Å²) in [4.78, 5) is 24.3. The molecule has 1 unspecified atom stereocenters. The number of carbonyl (C=O) groups is 2. The molecular weight excluding hydrogens is 813 g/mol. The highest BCUT2D eigenvalue weighted by Crippen LogP contribution is 2.15. The predicted octanol–water partition coefficient (Wildman–Crippen LogP) is 18.5. The van der Waals surface area contributed by atoms with Crippen molar-refractivity contribution in [1.29, 1.82) is 0 Å². The molecule has 0 aliphatic rings. The minimum atomic E-state index is -0.778. The third kappa shape index (κ3) is 53.2. The summed E-state index contributed by atoms with van der Waals surface area (Å²) in [5.41, 5.74) is 0. The van der Waals surface area contributed by atoms with Crippen molar-refractivity contribution in [2.24, 2.45) is 0 Å². The smallest absolute Gasteiger partial charge is 0.306 e. The lowest BCUT2D eigenvalue weighted by molar-refractivity contribution is -0.161. The van der Waals surface area contributed by atoms with Crippen LogP contribution in [-0.4, -0.2) is 36.4 Å². The van der Waals surface area contributed by atoms with E-state index in [4.69, 9.17) is 9.47 Å². The first-order chi connectivity index (χ1) is 32.6. The number of aliphatic hydroxyl groups excluding tert-OH is 1. The van der Waals surface area contributed by atoms with Crippen molar-refractivity contribution in [3.63, 3.8) is 0 Å². The number of esters is 2.